The topological polar surface area (TPSA) is 68.3 Å². The van der Waals surface area contributed by atoms with E-state index in [0.717, 1.165) is 16.8 Å². The first-order chi connectivity index (χ1) is 7.18. The molecule has 2 aromatic heterocycles. The normalized spacial score (nSPS) is 10.7. The van der Waals surface area contributed by atoms with Crippen LogP contribution in [0.1, 0.15) is 10.6 Å². The molecular formula is C9H10N2O3S. The Morgan fingerprint density at radius 1 is 1.67 bits per heavy atom. The van der Waals surface area contributed by atoms with Crippen LogP contribution >= 0.6 is 11.3 Å². The Morgan fingerprint density at radius 3 is 3.00 bits per heavy atom. The second-order valence-corrected chi connectivity index (χ2v) is 4.18. The molecule has 0 aromatic carbocycles. The van der Waals surface area contributed by atoms with Gasteiger partial charge >= 0.3 is 5.76 Å². The number of aromatic nitrogens is 2. The molecule has 0 amide bonds. The fraction of sp³-hybridized carbons (Fsp3) is 0.333. The van der Waals surface area contributed by atoms with Crippen LogP contribution in [0.5, 0.6) is 5.88 Å². The first-order valence-corrected chi connectivity index (χ1v) is 5.32. The van der Waals surface area contributed by atoms with E-state index in [9.17, 15) is 9.90 Å². The molecule has 0 aliphatic heterocycles. The van der Waals surface area contributed by atoms with Crippen LogP contribution in [0.15, 0.2) is 21.0 Å². The van der Waals surface area contributed by atoms with Crippen molar-refractivity contribution in [3.8, 4) is 5.88 Å². The average Bonchev–Trinajstić information content (AvgIpc) is 2.73. The average molecular weight is 226 g/mol. The van der Waals surface area contributed by atoms with E-state index in [1.165, 1.54) is 4.57 Å². The van der Waals surface area contributed by atoms with E-state index in [1.54, 1.807) is 16.8 Å². The van der Waals surface area contributed by atoms with Crippen molar-refractivity contribution < 1.29 is 9.52 Å². The second kappa shape index (κ2) is 3.90. The second-order valence-electron chi connectivity index (χ2n) is 3.12. The standard InChI is InChI=1S/C9H10N2O3S/c1-6-7(10-5-15-6)2-3-11-8(12)4-14-9(11)13/h4-5,12H,2-3H2,1H3. The van der Waals surface area contributed by atoms with Crippen LogP contribution in [0.25, 0.3) is 0 Å². The van der Waals surface area contributed by atoms with Crippen molar-refractivity contribution in [3.05, 3.63) is 32.9 Å². The lowest BCUT2D eigenvalue weighted by molar-refractivity contribution is 0.412. The summed E-state index contributed by atoms with van der Waals surface area (Å²) in [5, 5.41) is 9.28. The summed E-state index contributed by atoms with van der Waals surface area (Å²) in [4.78, 5) is 16.4. The number of hydrogen-bond acceptors (Lipinski definition) is 5. The van der Waals surface area contributed by atoms with Crippen molar-refractivity contribution in [1.29, 1.82) is 0 Å². The summed E-state index contributed by atoms with van der Waals surface area (Å²) in [6.07, 6.45) is 1.65. The van der Waals surface area contributed by atoms with Crippen LogP contribution in [0, 0.1) is 6.92 Å². The molecule has 0 saturated heterocycles. The van der Waals surface area contributed by atoms with E-state index in [0.29, 0.717) is 13.0 Å². The molecule has 0 aliphatic rings. The largest absolute Gasteiger partial charge is 0.492 e. The molecule has 0 unspecified atom stereocenters. The molecule has 0 aliphatic carbocycles. The van der Waals surface area contributed by atoms with Crippen LogP contribution in [0.4, 0.5) is 0 Å². The lowest BCUT2D eigenvalue weighted by Gasteiger charge is -2.00. The van der Waals surface area contributed by atoms with Crippen LogP contribution in [0.3, 0.4) is 0 Å². The predicted octanol–water partition coefficient (Wildman–Crippen LogP) is 1.15. The first-order valence-electron chi connectivity index (χ1n) is 4.44. The van der Waals surface area contributed by atoms with Gasteiger partial charge in [0.05, 0.1) is 11.2 Å². The summed E-state index contributed by atoms with van der Waals surface area (Å²) >= 11 is 1.57. The fourth-order valence-corrected chi connectivity index (χ4v) is 1.94. The number of aryl methyl sites for hydroxylation is 2. The van der Waals surface area contributed by atoms with E-state index in [2.05, 4.69) is 9.40 Å². The molecule has 0 fully saturated rings. The minimum absolute atomic E-state index is 0.145. The highest BCUT2D eigenvalue weighted by Gasteiger charge is 2.08. The third kappa shape index (κ3) is 1.94. The van der Waals surface area contributed by atoms with E-state index in [1.807, 2.05) is 6.92 Å². The van der Waals surface area contributed by atoms with Gasteiger partial charge in [-0.1, -0.05) is 0 Å². The minimum atomic E-state index is -0.541. The van der Waals surface area contributed by atoms with Gasteiger partial charge in [-0.2, -0.15) is 0 Å². The number of nitrogens with zero attached hydrogens (tertiary/aromatic N) is 2. The maximum absolute atomic E-state index is 11.1. The quantitative estimate of drug-likeness (QED) is 0.852. The molecule has 0 radical (unpaired) electrons. The number of thiazole rings is 1. The summed E-state index contributed by atoms with van der Waals surface area (Å²) < 4.78 is 5.71. The maximum atomic E-state index is 11.1. The van der Waals surface area contributed by atoms with E-state index >= 15 is 0 Å². The molecule has 2 heterocycles. The van der Waals surface area contributed by atoms with Crippen molar-refractivity contribution in [3.63, 3.8) is 0 Å². The van der Waals surface area contributed by atoms with Gasteiger partial charge in [0.25, 0.3) is 0 Å². The van der Waals surface area contributed by atoms with Gasteiger partial charge in [0, 0.05) is 17.8 Å². The van der Waals surface area contributed by atoms with Gasteiger partial charge in [0.15, 0.2) is 6.26 Å². The van der Waals surface area contributed by atoms with Crippen molar-refractivity contribution in [1.82, 2.24) is 9.55 Å². The van der Waals surface area contributed by atoms with Crippen molar-refractivity contribution in [2.24, 2.45) is 0 Å². The minimum Gasteiger partial charge on any atom is -0.492 e. The Hall–Kier alpha value is -1.56. The number of aromatic hydroxyl groups is 1. The van der Waals surface area contributed by atoms with Crippen molar-refractivity contribution in [2.45, 2.75) is 19.9 Å². The summed E-state index contributed by atoms with van der Waals surface area (Å²) in [5.74, 6) is -0.687. The molecule has 0 saturated carbocycles. The summed E-state index contributed by atoms with van der Waals surface area (Å²) in [6.45, 7) is 2.36. The molecule has 6 heteroatoms. The highest BCUT2D eigenvalue weighted by molar-refractivity contribution is 7.09. The van der Waals surface area contributed by atoms with Gasteiger partial charge in [-0.05, 0) is 6.92 Å². The smallest absolute Gasteiger partial charge is 0.421 e. The Kier molecular flexibility index (Phi) is 2.59. The zero-order valence-electron chi connectivity index (χ0n) is 8.14. The van der Waals surface area contributed by atoms with E-state index in [4.69, 9.17) is 0 Å². The zero-order chi connectivity index (χ0) is 10.8. The maximum Gasteiger partial charge on any atom is 0.421 e. The Balaban J connectivity index is 2.12. The molecule has 2 rings (SSSR count). The van der Waals surface area contributed by atoms with Gasteiger partial charge in [0.2, 0.25) is 5.88 Å². The fourth-order valence-electron chi connectivity index (χ4n) is 1.32. The molecule has 2 aromatic rings. The number of oxazole rings is 1. The Bertz CT molecular complexity index is 511. The van der Waals surface area contributed by atoms with E-state index < -0.39 is 5.76 Å². The highest BCUT2D eigenvalue weighted by Crippen LogP contribution is 2.13. The highest BCUT2D eigenvalue weighted by atomic mass is 32.1. The molecule has 0 spiro atoms. The molecule has 80 valence electrons. The molecule has 5 nitrogen and oxygen atoms in total. The molecule has 0 atom stereocenters. The Labute approximate surface area is 89.6 Å². The van der Waals surface area contributed by atoms with Crippen LogP contribution < -0.4 is 5.76 Å². The zero-order valence-corrected chi connectivity index (χ0v) is 8.95. The third-order valence-corrected chi connectivity index (χ3v) is 2.98. The predicted molar refractivity (Wildman–Crippen MR) is 55.2 cm³/mol. The number of rotatable bonds is 3. The molecule has 15 heavy (non-hydrogen) atoms. The lowest BCUT2D eigenvalue weighted by Crippen LogP contribution is -2.15. The molecular weight excluding hydrogens is 216 g/mol. The molecule has 0 bridgehead atoms. The lowest BCUT2D eigenvalue weighted by atomic mass is 10.3. The third-order valence-electron chi connectivity index (χ3n) is 2.18. The number of hydrogen-bond donors (Lipinski definition) is 1. The monoisotopic (exact) mass is 226 g/mol. The van der Waals surface area contributed by atoms with Crippen molar-refractivity contribution >= 4 is 11.3 Å². The van der Waals surface area contributed by atoms with Crippen LogP contribution in [0.2, 0.25) is 0 Å². The van der Waals surface area contributed by atoms with Crippen LogP contribution in [-0.4, -0.2) is 14.7 Å². The first kappa shape index (κ1) is 9.97. The van der Waals surface area contributed by atoms with Gasteiger partial charge in [-0.3, -0.25) is 0 Å². The van der Waals surface area contributed by atoms with Crippen molar-refractivity contribution in [2.75, 3.05) is 0 Å². The summed E-state index contributed by atoms with van der Waals surface area (Å²) in [6, 6.07) is 0. The summed E-state index contributed by atoms with van der Waals surface area (Å²) in [7, 11) is 0. The van der Waals surface area contributed by atoms with Gasteiger partial charge in [-0.25, -0.2) is 14.3 Å². The molecule has 1 N–H and O–H groups in total. The Morgan fingerprint density at radius 2 is 2.47 bits per heavy atom. The summed E-state index contributed by atoms with van der Waals surface area (Å²) in [5.41, 5.74) is 2.72. The van der Waals surface area contributed by atoms with Gasteiger partial charge in [-0.15, -0.1) is 11.3 Å². The van der Waals surface area contributed by atoms with E-state index in [-0.39, 0.29) is 5.88 Å². The van der Waals surface area contributed by atoms with Gasteiger partial charge in [0.1, 0.15) is 0 Å². The van der Waals surface area contributed by atoms with Crippen LogP contribution in [-0.2, 0) is 13.0 Å². The SMILES string of the molecule is Cc1scnc1CCn1c(O)coc1=O. The van der Waals surface area contributed by atoms with Gasteiger partial charge < -0.3 is 9.52 Å².